The van der Waals surface area contributed by atoms with Crippen LogP contribution < -0.4 is 0 Å². The predicted octanol–water partition coefficient (Wildman–Crippen LogP) is 1.49. The molecule has 2 heterocycles. The van der Waals surface area contributed by atoms with Gasteiger partial charge in [-0.3, -0.25) is 4.98 Å². The summed E-state index contributed by atoms with van der Waals surface area (Å²) >= 11 is 1.56. The quantitative estimate of drug-likeness (QED) is 0.547. The molecule has 0 bridgehead atoms. The summed E-state index contributed by atoms with van der Waals surface area (Å²) in [6.07, 6.45) is 3.36. The maximum atomic E-state index is 4.07. The van der Waals surface area contributed by atoms with E-state index in [1.54, 1.807) is 23.7 Å². The monoisotopic (exact) mass is 135 g/mol. The second-order valence-corrected chi connectivity index (χ2v) is 2.45. The van der Waals surface area contributed by atoms with Gasteiger partial charge in [0.25, 0.3) is 0 Å². The molecule has 2 aromatic heterocycles. The van der Waals surface area contributed by atoms with Crippen LogP contribution in [0.15, 0.2) is 17.8 Å². The highest BCUT2D eigenvalue weighted by atomic mass is 32.1. The predicted molar refractivity (Wildman–Crippen MR) is 36.3 cm³/mol. The van der Waals surface area contributed by atoms with Gasteiger partial charge in [0.05, 0.1) is 0 Å². The molecule has 0 amide bonds. The Bertz CT molecular complexity index is 285. The van der Waals surface area contributed by atoms with Gasteiger partial charge in [-0.25, -0.2) is 4.98 Å². The Labute approximate surface area is 56.2 Å². The second-order valence-electron chi connectivity index (χ2n) is 1.59. The largest absolute Gasteiger partial charge is 0.251 e. The van der Waals surface area contributed by atoms with Gasteiger partial charge in [0.1, 0.15) is 10.3 Å². The van der Waals surface area contributed by atoms with Crippen LogP contribution in [0.25, 0.3) is 10.3 Å². The minimum Gasteiger partial charge on any atom is -0.251 e. The maximum Gasteiger partial charge on any atom is 0.142 e. The fraction of sp³-hybridized carbons (Fsp3) is 0. The van der Waals surface area contributed by atoms with Crippen molar-refractivity contribution in [2.75, 3.05) is 0 Å². The first-order valence-electron chi connectivity index (χ1n) is 2.53. The molecule has 2 nitrogen and oxygen atoms in total. The lowest BCUT2D eigenvalue weighted by molar-refractivity contribution is 1.32. The summed E-state index contributed by atoms with van der Waals surface area (Å²) in [6.45, 7) is 0. The first-order valence-corrected chi connectivity index (χ1v) is 3.41. The average molecular weight is 135 g/mol. The Morgan fingerprint density at radius 1 is 1.33 bits per heavy atom. The molecule has 0 aliphatic heterocycles. The van der Waals surface area contributed by atoms with Crippen LogP contribution >= 0.6 is 11.3 Å². The van der Waals surface area contributed by atoms with E-state index in [0.717, 1.165) is 10.3 Å². The molecule has 9 heavy (non-hydrogen) atoms. The van der Waals surface area contributed by atoms with E-state index in [0.29, 0.717) is 0 Å². The molecule has 0 atom stereocenters. The van der Waals surface area contributed by atoms with Gasteiger partial charge >= 0.3 is 0 Å². The molecule has 0 spiro atoms. The number of hydrogen-bond donors (Lipinski definition) is 0. The smallest absolute Gasteiger partial charge is 0.142 e. The average Bonchev–Trinajstić information content (AvgIpc) is 2.33. The van der Waals surface area contributed by atoms with E-state index < -0.39 is 0 Å². The first kappa shape index (κ1) is 4.88. The molecule has 0 unspecified atom stereocenters. The van der Waals surface area contributed by atoms with E-state index in [2.05, 4.69) is 16.0 Å². The van der Waals surface area contributed by atoms with Crippen molar-refractivity contribution >= 4 is 21.7 Å². The first-order chi connectivity index (χ1) is 4.47. The van der Waals surface area contributed by atoms with Gasteiger partial charge in [-0.1, -0.05) is 0 Å². The lowest BCUT2D eigenvalue weighted by Crippen LogP contribution is -1.72. The van der Waals surface area contributed by atoms with Crippen molar-refractivity contribution in [1.29, 1.82) is 0 Å². The Morgan fingerprint density at radius 2 is 2.22 bits per heavy atom. The zero-order valence-corrected chi connectivity index (χ0v) is 5.35. The van der Waals surface area contributed by atoms with Crippen molar-refractivity contribution in [3.8, 4) is 0 Å². The molecule has 0 saturated heterocycles. The second kappa shape index (κ2) is 1.77. The van der Waals surface area contributed by atoms with Gasteiger partial charge in [-0.2, -0.15) is 0 Å². The van der Waals surface area contributed by atoms with Crippen LogP contribution in [0.3, 0.4) is 0 Å². The highest BCUT2D eigenvalue weighted by molar-refractivity contribution is 7.16. The standard InChI is InChI=1S/C6H3N2S/c1-4-9-6-5(1)7-2-3-8-6/h2-4H. The summed E-state index contributed by atoms with van der Waals surface area (Å²) in [4.78, 5) is 9.06. The third kappa shape index (κ3) is 0.695. The number of rotatable bonds is 0. The highest BCUT2D eigenvalue weighted by Gasteiger charge is 1.91. The molecule has 2 rings (SSSR count). The molecule has 1 radical (unpaired) electrons. The Kier molecular flexibility index (Phi) is 0.960. The van der Waals surface area contributed by atoms with Crippen molar-refractivity contribution in [3.63, 3.8) is 0 Å². The maximum absolute atomic E-state index is 4.07. The molecule has 0 aliphatic rings. The lowest BCUT2D eigenvalue weighted by atomic mass is 10.5. The van der Waals surface area contributed by atoms with Crippen molar-refractivity contribution in [1.82, 2.24) is 9.97 Å². The number of aromatic nitrogens is 2. The third-order valence-corrected chi connectivity index (χ3v) is 1.79. The van der Waals surface area contributed by atoms with Gasteiger partial charge in [0.2, 0.25) is 0 Å². The Balaban J connectivity index is 2.95. The van der Waals surface area contributed by atoms with E-state index in [-0.39, 0.29) is 0 Å². The van der Waals surface area contributed by atoms with Crippen LogP contribution in [0, 0.1) is 6.07 Å². The number of thiophene rings is 1. The van der Waals surface area contributed by atoms with Crippen LogP contribution in [0.4, 0.5) is 0 Å². The van der Waals surface area contributed by atoms with Crippen molar-refractivity contribution in [3.05, 3.63) is 23.8 Å². The van der Waals surface area contributed by atoms with E-state index in [4.69, 9.17) is 0 Å². The Hall–Kier alpha value is -0.960. The van der Waals surface area contributed by atoms with Crippen molar-refractivity contribution in [2.24, 2.45) is 0 Å². The molecule has 0 N–H and O–H groups in total. The van der Waals surface area contributed by atoms with Crippen LogP contribution in [0.5, 0.6) is 0 Å². The number of nitrogens with zero attached hydrogens (tertiary/aromatic N) is 2. The fourth-order valence-corrected chi connectivity index (χ4v) is 1.28. The van der Waals surface area contributed by atoms with E-state index in [1.165, 1.54) is 0 Å². The number of fused-ring (bicyclic) bond motifs is 1. The minimum absolute atomic E-state index is 0.863. The molecular weight excluding hydrogens is 132 g/mol. The minimum atomic E-state index is 0.863. The van der Waals surface area contributed by atoms with Crippen molar-refractivity contribution in [2.45, 2.75) is 0 Å². The van der Waals surface area contributed by atoms with Gasteiger partial charge in [0.15, 0.2) is 0 Å². The summed E-state index contributed by atoms with van der Waals surface area (Å²) in [6, 6.07) is 2.96. The van der Waals surface area contributed by atoms with E-state index in [9.17, 15) is 0 Å². The summed E-state index contributed by atoms with van der Waals surface area (Å²) < 4.78 is 0. The van der Waals surface area contributed by atoms with E-state index in [1.807, 2.05) is 5.38 Å². The Morgan fingerprint density at radius 3 is 3.11 bits per heavy atom. The molecule has 43 valence electrons. The highest BCUT2D eigenvalue weighted by Crippen LogP contribution is 2.12. The SMILES string of the molecule is [c]1csc2nccnc12. The van der Waals surface area contributed by atoms with Crippen LogP contribution in [0.1, 0.15) is 0 Å². The van der Waals surface area contributed by atoms with Gasteiger partial charge in [0, 0.05) is 23.8 Å². The van der Waals surface area contributed by atoms with Gasteiger partial charge in [-0.05, 0) is 0 Å². The third-order valence-electron chi connectivity index (χ3n) is 1.03. The van der Waals surface area contributed by atoms with Crippen LogP contribution in [0.2, 0.25) is 0 Å². The zero-order valence-electron chi connectivity index (χ0n) is 4.53. The van der Waals surface area contributed by atoms with Gasteiger partial charge < -0.3 is 0 Å². The summed E-state index contributed by atoms with van der Waals surface area (Å²) in [5.74, 6) is 0. The van der Waals surface area contributed by atoms with E-state index >= 15 is 0 Å². The molecule has 0 fully saturated rings. The summed E-state index contributed by atoms with van der Waals surface area (Å²) in [5.41, 5.74) is 0.863. The topological polar surface area (TPSA) is 25.8 Å². The van der Waals surface area contributed by atoms with Gasteiger partial charge in [-0.15, -0.1) is 11.3 Å². The normalized spacial score (nSPS) is 10.2. The molecule has 2 aromatic rings. The zero-order chi connectivity index (χ0) is 6.10. The van der Waals surface area contributed by atoms with Crippen LogP contribution in [-0.4, -0.2) is 9.97 Å². The van der Waals surface area contributed by atoms with Crippen LogP contribution in [-0.2, 0) is 0 Å². The molecular formula is C6H3N2S. The molecule has 0 saturated carbocycles. The fourth-order valence-electron chi connectivity index (χ4n) is 0.652. The summed E-state index contributed by atoms with van der Waals surface area (Å²) in [5, 5.41) is 1.87. The molecule has 3 heteroatoms. The molecule has 0 aromatic carbocycles. The lowest BCUT2D eigenvalue weighted by Gasteiger charge is -1.80. The number of hydrogen-bond acceptors (Lipinski definition) is 3. The summed E-state index contributed by atoms with van der Waals surface area (Å²) in [7, 11) is 0. The molecule has 0 aliphatic carbocycles. The van der Waals surface area contributed by atoms with Crippen molar-refractivity contribution < 1.29 is 0 Å².